The summed E-state index contributed by atoms with van der Waals surface area (Å²) in [4.78, 5) is 17.6. The Hall–Kier alpha value is -2.54. The monoisotopic (exact) mass is 542 g/mol. The van der Waals surface area contributed by atoms with Crippen molar-refractivity contribution in [2.75, 3.05) is 12.4 Å². The van der Waals surface area contributed by atoms with Crippen molar-refractivity contribution in [3.8, 4) is 22.7 Å². The Morgan fingerprint density at radius 1 is 1.03 bits per heavy atom. The molecule has 0 spiro atoms. The molecule has 0 saturated heterocycles. The molecule has 0 N–H and O–H groups in total. The Kier molecular flexibility index (Phi) is 8.78. The van der Waals surface area contributed by atoms with Crippen LogP contribution in [-0.2, 0) is 0 Å². The SMILES string of the molecule is Br.CCOc1ccc(C(=O)CSc2nc(-c3ccc(Cl)cc3)cn2-c2ccccc2C)cc1. The molecule has 0 amide bonds. The summed E-state index contributed by atoms with van der Waals surface area (Å²) in [6.45, 7) is 4.60. The van der Waals surface area contributed by atoms with Crippen LogP contribution < -0.4 is 4.74 Å². The molecular weight excluding hydrogens is 520 g/mol. The van der Waals surface area contributed by atoms with Crippen molar-refractivity contribution in [2.24, 2.45) is 0 Å². The van der Waals surface area contributed by atoms with E-state index in [1.807, 2.05) is 61.7 Å². The molecule has 0 unspecified atom stereocenters. The maximum absolute atomic E-state index is 12.8. The first-order valence-corrected chi connectivity index (χ1v) is 11.7. The van der Waals surface area contributed by atoms with Crippen molar-refractivity contribution in [2.45, 2.75) is 19.0 Å². The van der Waals surface area contributed by atoms with Crippen molar-refractivity contribution in [1.82, 2.24) is 9.55 Å². The van der Waals surface area contributed by atoms with Crippen molar-refractivity contribution in [1.29, 1.82) is 0 Å². The number of carbonyl (C=O) groups excluding carboxylic acids is 1. The van der Waals surface area contributed by atoms with E-state index in [4.69, 9.17) is 21.3 Å². The average Bonchev–Trinajstić information content (AvgIpc) is 3.23. The van der Waals surface area contributed by atoms with Gasteiger partial charge in [0.05, 0.1) is 23.7 Å². The van der Waals surface area contributed by atoms with E-state index in [1.165, 1.54) is 11.8 Å². The number of para-hydroxylation sites is 1. The number of imidazole rings is 1. The molecule has 1 aromatic heterocycles. The Balaban J connectivity index is 0.00000306. The minimum Gasteiger partial charge on any atom is -0.494 e. The molecule has 0 fully saturated rings. The zero-order chi connectivity index (χ0) is 22.5. The number of ketones is 1. The number of aromatic nitrogens is 2. The molecule has 0 aliphatic heterocycles. The molecule has 1 heterocycles. The first-order valence-electron chi connectivity index (χ1n) is 10.4. The van der Waals surface area contributed by atoms with Crippen LogP contribution in [0.25, 0.3) is 16.9 Å². The number of hydrogen-bond donors (Lipinski definition) is 0. The molecule has 0 bridgehead atoms. The number of nitrogens with zero attached hydrogens (tertiary/aromatic N) is 2. The van der Waals surface area contributed by atoms with Crippen LogP contribution in [0.1, 0.15) is 22.8 Å². The zero-order valence-electron chi connectivity index (χ0n) is 18.3. The van der Waals surface area contributed by atoms with E-state index < -0.39 is 0 Å². The van der Waals surface area contributed by atoms with E-state index in [-0.39, 0.29) is 28.5 Å². The third kappa shape index (κ3) is 6.08. The number of aryl methyl sites for hydroxylation is 1. The van der Waals surface area contributed by atoms with E-state index in [0.29, 0.717) is 17.2 Å². The molecule has 7 heteroatoms. The number of carbonyl (C=O) groups is 1. The summed E-state index contributed by atoms with van der Waals surface area (Å²) in [6, 6.07) is 23.0. The Morgan fingerprint density at radius 3 is 2.39 bits per heavy atom. The van der Waals surface area contributed by atoms with Gasteiger partial charge in [0.2, 0.25) is 0 Å². The predicted molar refractivity (Wildman–Crippen MR) is 142 cm³/mol. The Morgan fingerprint density at radius 2 is 1.73 bits per heavy atom. The van der Waals surface area contributed by atoms with Gasteiger partial charge in [0.1, 0.15) is 5.75 Å². The van der Waals surface area contributed by atoms with Crippen LogP contribution >= 0.6 is 40.3 Å². The normalized spacial score (nSPS) is 10.5. The van der Waals surface area contributed by atoms with Crippen LogP contribution in [0.2, 0.25) is 5.02 Å². The lowest BCUT2D eigenvalue weighted by atomic mass is 10.1. The first kappa shape index (κ1) is 25.1. The van der Waals surface area contributed by atoms with Gasteiger partial charge >= 0.3 is 0 Å². The van der Waals surface area contributed by atoms with Gasteiger partial charge in [-0.1, -0.05) is 53.7 Å². The molecular formula is C26H24BrClN2O2S. The van der Waals surface area contributed by atoms with Gasteiger partial charge in [0.15, 0.2) is 10.9 Å². The summed E-state index contributed by atoms with van der Waals surface area (Å²) in [5, 5.41) is 1.45. The number of thioether (sulfide) groups is 1. The van der Waals surface area contributed by atoms with E-state index in [9.17, 15) is 4.79 Å². The molecule has 0 aliphatic rings. The highest BCUT2D eigenvalue weighted by atomic mass is 79.9. The number of rotatable bonds is 8. The van der Waals surface area contributed by atoms with E-state index in [1.54, 1.807) is 12.1 Å². The summed E-state index contributed by atoms with van der Waals surface area (Å²) in [5.74, 6) is 1.10. The fraction of sp³-hybridized carbons (Fsp3) is 0.154. The molecule has 0 atom stereocenters. The highest BCUT2D eigenvalue weighted by molar-refractivity contribution is 8.93. The highest BCUT2D eigenvalue weighted by Crippen LogP contribution is 2.29. The largest absolute Gasteiger partial charge is 0.494 e. The highest BCUT2D eigenvalue weighted by Gasteiger charge is 2.16. The molecule has 0 radical (unpaired) electrons. The number of hydrogen-bond acceptors (Lipinski definition) is 4. The minimum absolute atomic E-state index is 0. The van der Waals surface area contributed by atoms with Gasteiger partial charge in [-0.3, -0.25) is 9.36 Å². The lowest BCUT2D eigenvalue weighted by molar-refractivity contribution is 0.102. The van der Waals surface area contributed by atoms with Crippen molar-refractivity contribution in [3.05, 3.63) is 95.1 Å². The number of halogens is 2. The standard InChI is InChI=1S/C26H23ClN2O2S.BrH/c1-3-31-22-14-10-20(11-15-22)25(30)17-32-26-28-23(19-8-12-21(27)13-9-19)16-29(26)24-7-5-4-6-18(24)2;/h4-16H,3,17H2,1-2H3;1H. The van der Waals surface area contributed by atoms with E-state index in [2.05, 4.69) is 23.6 Å². The van der Waals surface area contributed by atoms with Gasteiger partial charge in [-0.2, -0.15) is 0 Å². The maximum atomic E-state index is 12.8. The van der Waals surface area contributed by atoms with Gasteiger partial charge in [-0.15, -0.1) is 17.0 Å². The van der Waals surface area contributed by atoms with Gasteiger partial charge in [0, 0.05) is 22.3 Å². The van der Waals surface area contributed by atoms with Gasteiger partial charge < -0.3 is 4.74 Å². The quantitative estimate of drug-likeness (QED) is 0.171. The molecule has 3 aromatic carbocycles. The Bertz CT molecular complexity index is 1220. The number of ether oxygens (including phenoxy) is 1. The Labute approximate surface area is 213 Å². The average molecular weight is 544 g/mol. The smallest absolute Gasteiger partial charge is 0.173 e. The topological polar surface area (TPSA) is 44.1 Å². The van der Waals surface area contributed by atoms with Crippen LogP contribution in [-0.4, -0.2) is 27.7 Å². The molecule has 4 aromatic rings. The van der Waals surface area contributed by atoms with Crippen LogP contribution in [0.15, 0.2) is 84.1 Å². The molecule has 0 saturated carbocycles. The van der Waals surface area contributed by atoms with Crippen LogP contribution in [0.3, 0.4) is 0 Å². The second kappa shape index (κ2) is 11.5. The second-order valence-corrected chi connectivity index (χ2v) is 8.62. The summed E-state index contributed by atoms with van der Waals surface area (Å²) < 4.78 is 7.51. The molecule has 4 nitrogen and oxygen atoms in total. The number of benzene rings is 3. The minimum atomic E-state index is 0. The summed E-state index contributed by atoms with van der Waals surface area (Å²) in [7, 11) is 0. The van der Waals surface area contributed by atoms with E-state index >= 15 is 0 Å². The summed E-state index contributed by atoms with van der Waals surface area (Å²) in [5.41, 5.74) is 4.64. The number of Topliss-reactive ketones (excluding diaryl/α,β-unsaturated/α-hetero) is 1. The maximum Gasteiger partial charge on any atom is 0.173 e. The third-order valence-electron chi connectivity index (χ3n) is 5.01. The lowest BCUT2D eigenvalue weighted by Crippen LogP contribution is -2.04. The van der Waals surface area contributed by atoms with Crippen molar-refractivity contribution >= 4 is 46.1 Å². The van der Waals surface area contributed by atoms with Crippen molar-refractivity contribution in [3.63, 3.8) is 0 Å². The van der Waals surface area contributed by atoms with Crippen LogP contribution in [0, 0.1) is 6.92 Å². The molecule has 0 aliphatic carbocycles. The van der Waals surface area contributed by atoms with Gasteiger partial charge in [-0.25, -0.2) is 4.98 Å². The molecule has 170 valence electrons. The first-order chi connectivity index (χ1) is 15.5. The predicted octanol–water partition coefficient (Wildman–Crippen LogP) is 7.45. The lowest BCUT2D eigenvalue weighted by Gasteiger charge is -2.10. The zero-order valence-corrected chi connectivity index (χ0v) is 21.6. The van der Waals surface area contributed by atoms with Gasteiger partial charge in [0.25, 0.3) is 0 Å². The molecule has 4 rings (SSSR count). The van der Waals surface area contributed by atoms with E-state index in [0.717, 1.165) is 33.4 Å². The fourth-order valence-electron chi connectivity index (χ4n) is 3.35. The third-order valence-corrected chi connectivity index (χ3v) is 6.21. The fourth-order valence-corrected chi connectivity index (χ4v) is 4.35. The molecule has 33 heavy (non-hydrogen) atoms. The van der Waals surface area contributed by atoms with Crippen molar-refractivity contribution < 1.29 is 9.53 Å². The van der Waals surface area contributed by atoms with Crippen LogP contribution in [0.5, 0.6) is 5.75 Å². The van der Waals surface area contributed by atoms with Crippen LogP contribution in [0.4, 0.5) is 0 Å². The van der Waals surface area contributed by atoms with Gasteiger partial charge in [-0.05, 0) is 61.9 Å². The summed E-state index contributed by atoms with van der Waals surface area (Å²) in [6.07, 6.45) is 2.01. The second-order valence-electron chi connectivity index (χ2n) is 7.24. The summed E-state index contributed by atoms with van der Waals surface area (Å²) >= 11 is 7.48.